The average Bonchev–Trinajstić information content (AvgIpc) is 2.25. The van der Waals surface area contributed by atoms with Crippen molar-refractivity contribution in [3.8, 4) is 0 Å². The maximum atomic E-state index is 11.6. The highest BCUT2D eigenvalue weighted by Gasteiger charge is 2.15. The molecule has 0 aliphatic carbocycles. The molecule has 16 heavy (non-hydrogen) atoms. The zero-order chi connectivity index (χ0) is 12.2. The second-order valence-electron chi connectivity index (χ2n) is 4.13. The fourth-order valence-corrected chi connectivity index (χ4v) is 4.08. The normalized spacial score (nSPS) is 13.8. The Hall–Kier alpha value is 0.0300. The van der Waals surface area contributed by atoms with Gasteiger partial charge in [0, 0.05) is 9.64 Å². The van der Waals surface area contributed by atoms with Gasteiger partial charge in [0.15, 0.2) is 11.1 Å². The molecule has 0 bridgehead atoms. The molecule has 0 amide bonds. The van der Waals surface area contributed by atoms with E-state index in [9.17, 15) is 4.21 Å². The van der Waals surface area contributed by atoms with Gasteiger partial charge in [-0.1, -0.05) is 54.5 Å². The Kier molecular flexibility index (Phi) is 5.37. The van der Waals surface area contributed by atoms with Crippen LogP contribution in [0.2, 0.25) is 0 Å². The highest BCUT2D eigenvalue weighted by Crippen LogP contribution is 2.42. The molecule has 2 nitrogen and oxygen atoms in total. The molecule has 0 saturated carbocycles. The van der Waals surface area contributed by atoms with Crippen LogP contribution in [-0.2, 0) is 15.3 Å². The predicted molar refractivity (Wildman–Crippen MR) is 73.1 cm³/mol. The van der Waals surface area contributed by atoms with E-state index in [-0.39, 0.29) is 4.75 Å². The largest absolute Gasteiger partial charge is 0.290 e. The highest BCUT2D eigenvalue weighted by atomic mass is 33.1. The van der Waals surface area contributed by atoms with Gasteiger partial charge < -0.3 is 0 Å². The predicted octanol–water partition coefficient (Wildman–Crippen LogP) is 3.89. The first kappa shape index (κ1) is 14.1. The Bertz CT molecular complexity index is 372. The van der Waals surface area contributed by atoms with Gasteiger partial charge in [0.05, 0.1) is 12.0 Å². The van der Waals surface area contributed by atoms with Gasteiger partial charge in [0.2, 0.25) is 0 Å². The van der Waals surface area contributed by atoms with Gasteiger partial charge in [-0.15, -0.1) is 0 Å². The van der Waals surface area contributed by atoms with Crippen LogP contribution in [0.3, 0.4) is 0 Å². The van der Waals surface area contributed by atoms with E-state index < -0.39 is 11.1 Å². The third-order valence-corrected chi connectivity index (χ3v) is 6.12. The Balaban J connectivity index is 2.83. The highest BCUT2D eigenvalue weighted by molar-refractivity contribution is 8.77. The molecular weight excluding hydrogens is 260 g/mol. The minimum absolute atomic E-state index is 0.173. The third-order valence-electron chi connectivity index (χ3n) is 1.56. The van der Waals surface area contributed by atoms with Gasteiger partial charge in [-0.3, -0.25) is 4.18 Å². The molecule has 0 aromatic heterocycles. The second-order valence-corrected chi connectivity index (χ2v) is 8.37. The van der Waals surface area contributed by atoms with Gasteiger partial charge in [0.1, 0.15) is 0 Å². The molecule has 90 valence electrons. The van der Waals surface area contributed by atoms with Crippen LogP contribution in [0.25, 0.3) is 0 Å². The maximum absolute atomic E-state index is 11.6. The fourth-order valence-electron chi connectivity index (χ4n) is 0.916. The van der Waals surface area contributed by atoms with Crippen LogP contribution < -0.4 is 0 Å². The molecule has 0 spiro atoms. The van der Waals surface area contributed by atoms with E-state index >= 15 is 0 Å². The summed E-state index contributed by atoms with van der Waals surface area (Å²) in [4.78, 5) is 1.74. The lowest BCUT2D eigenvalue weighted by Gasteiger charge is -2.17. The second kappa shape index (κ2) is 6.10. The molecule has 0 saturated heterocycles. The number of hydrogen-bond donors (Lipinski definition) is 0. The zero-order valence-electron chi connectivity index (χ0n) is 9.85. The van der Waals surface area contributed by atoms with E-state index in [0.29, 0.717) is 0 Å². The van der Waals surface area contributed by atoms with E-state index in [1.165, 1.54) is 7.11 Å². The molecule has 1 unspecified atom stereocenters. The SMILES string of the molecule is COS(=O)c1ccccc1SSC(C)(C)C. The standard InChI is InChI=1S/C11H16O2S3/c1-11(2,3)15-14-9-7-5-6-8-10(9)16(12)13-4/h5-8H,1-4H3. The lowest BCUT2D eigenvalue weighted by molar-refractivity contribution is 0.444. The molecule has 0 radical (unpaired) electrons. The van der Waals surface area contributed by atoms with Crippen molar-refractivity contribution < 1.29 is 8.39 Å². The third kappa shape index (κ3) is 4.49. The monoisotopic (exact) mass is 276 g/mol. The maximum Gasteiger partial charge on any atom is 0.190 e. The molecule has 1 rings (SSSR count). The van der Waals surface area contributed by atoms with Crippen LogP contribution in [-0.4, -0.2) is 16.1 Å². The summed E-state index contributed by atoms with van der Waals surface area (Å²) in [5.74, 6) is 0. The zero-order valence-corrected chi connectivity index (χ0v) is 12.3. The molecule has 1 aromatic carbocycles. The Morgan fingerprint density at radius 2 is 1.88 bits per heavy atom. The van der Waals surface area contributed by atoms with Crippen molar-refractivity contribution in [2.75, 3.05) is 7.11 Å². The van der Waals surface area contributed by atoms with Crippen LogP contribution in [0.1, 0.15) is 20.8 Å². The summed E-state index contributed by atoms with van der Waals surface area (Å²) >= 11 is -1.36. The van der Waals surface area contributed by atoms with E-state index in [0.717, 1.165) is 9.79 Å². The van der Waals surface area contributed by atoms with Gasteiger partial charge in [-0.25, -0.2) is 4.21 Å². The Morgan fingerprint density at radius 1 is 1.25 bits per heavy atom. The van der Waals surface area contributed by atoms with E-state index in [1.807, 2.05) is 24.3 Å². The van der Waals surface area contributed by atoms with E-state index in [4.69, 9.17) is 4.18 Å². The molecule has 5 heteroatoms. The van der Waals surface area contributed by atoms with Crippen LogP contribution >= 0.6 is 21.6 Å². The first-order chi connectivity index (χ1) is 7.44. The van der Waals surface area contributed by atoms with Crippen molar-refractivity contribution in [3.05, 3.63) is 24.3 Å². The molecule has 1 aromatic rings. The lowest BCUT2D eigenvalue weighted by Crippen LogP contribution is -2.04. The van der Waals surface area contributed by atoms with Crippen LogP contribution in [0.5, 0.6) is 0 Å². The fraction of sp³-hybridized carbons (Fsp3) is 0.455. The van der Waals surface area contributed by atoms with Crippen molar-refractivity contribution in [2.45, 2.75) is 35.3 Å². The molecule has 0 heterocycles. The molecule has 0 fully saturated rings. The summed E-state index contributed by atoms with van der Waals surface area (Å²) in [6.07, 6.45) is 0. The summed E-state index contributed by atoms with van der Waals surface area (Å²) < 4.78 is 16.7. The van der Waals surface area contributed by atoms with Crippen molar-refractivity contribution >= 4 is 32.7 Å². The molecular formula is C11H16O2S3. The topological polar surface area (TPSA) is 26.3 Å². The van der Waals surface area contributed by atoms with Gasteiger partial charge in [-0.05, 0) is 12.1 Å². The number of rotatable bonds is 4. The van der Waals surface area contributed by atoms with Crippen molar-refractivity contribution in [3.63, 3.8) is 0 Å². The van der Waals surface area contributed by atoms with Gasteiger partial charge in [0.25, 0.3) is 0 Å². The summed E-state index contributed by atoms with van der Waals surface area (Å²) in [6.45, 7) is 6.46. The number of benzene rings is 1. The van der Waals surface area contributed by atoms with Crippen LogP contribution in [0, 0.1) is 0 Å². The molecule has 1 atom stereocenters. The van der Waals surface area contributed by atoms with Gasteiger partial charge >= 0.3 is 0 Å². The minimum Gasteiger partial charge on any atom is -0.290 e. The van der Waals surface area contributed by atoms with E-state index in [2.05, 4.69) is 20.8 Å². The molecule has 0 aliphatic rings. The Labute approximate surface area is 108 Å². The Morgan fingerprint density at radius 3 is 2.44 bits per heavy atom. The average molecular weight is 276 g/mol. The lowest BCUT2D eigenvalue weighted by atomic mass is 10.3. The summed E-state index contributed by atoms with van der Waals surface area (Å²) in [6, 6.07) is 7.63. The number of hydrogen-bond acceptors (Lipinski definition) is 4. The smallest absolute Gasteiger partial charge is 0.190 e. The first-order valence-corrected chi connectivity index (χ1v) is 8.07. The van der Waals surface area contributed by atoms with Crippen LogP contribution in [0.4, 0.5) is 0 Å². The minimum atomic E-state index is -1.36. The van der Waals surface area contributed by atoms with Gasteiger partial charge in [-0.2, -0.15) is 0 Å². The quantitative estimate of drug-likeness (QED) is 0.779. The van der Waals surface area contributed by atoms with E-state index in [1.54, 1.807) is 21.6 Å². The van der Waals surface area contributed by atoms with Crippen molar-refractivity contribution in [1.29, 1.82) is 0 Å². The van der Waals surface area contributed by atoms with Crippen molar-refractivity contribution in [1.82, 2.24) is 0 Å². The summed E-state index contributed by atoms with van der Waals surface area (Å²) in [7, 11) is 4.85. The molecule has 0 aliphatic heterocycles. The van der Waals surface area contributed by atoms with Crippen molar-refractivity contribution in [2.24, 2.45) is 0 Å². The van der Waals surface area contributed by atoms with Crippen LogP contribution in [0.15, 0.2) is 34.1 Å². The summed E-state index contributed by atoms with van der Waals surface area (Å²) in [5.41, 5.74) is 0. The first-order valence-electron chi connectivity index (χ1n) is 4.85. The molecule has 0 N–H and O–H groups in total. The summed E-state index contributed by atoms with van der Waals surface area (Å²) in [5, 5.41) is 0.